The molecule has 0 spiro atoms. The van der Waals surface area contributed by atoms with Gasteiger partial charge in [0.1, 0.15) is 11.8 Å². The van der Waals surface area contributed by atoms with Gasteiger partial charge in [-0.3, -0.25) is 4.98 Å². The molecule has 3 aromatic heterocycles. The number of nitriles is 1. The lowest BCUT2D eigenvalue weighted by Crippen LogP contribution is -2.35. The molecule has 0 saturated heterocycles. The number of alkyl halides is 3. The molecule has 10 nitrogen and oxygen atoms in total. The summed E-state index contributed by atoms with van der Waals surface area (Å²) in [6.45, 7) is 8.69. The lowest BCUT2D eigenvalue weighted by molar-refractivity contribution is -0.182. The lowest BCUT2D eigenvalue weighted by Gasteiger charge is -2.24. The van der Waals surface area contributed by atoms with Crippen LogP contribution in [0.4, 0.5) is 24.5 Å². The topological polar surface area (TPSA) is 122 Å². The predicted molar refractivity (Wildman–Crippen MR) is 164 cm³/mol. The molecule has 1 saturated carbocycles. The van der Waals surface area contributed by atoms with E-state index >= 15 is 0 Å². The lowest BCUT2D eigenvalue weighted by atomic mass is 9.96. The number of hydrogen-bond acceptors (Lipinski definition) is 8. The van der Waals surface area contributed by atoms with Crippen LogP contribution in [-0.4, -0.2) is 47.7 Å². The van der Waals surface area contributed by atoms with Gasteiger partial charge in [-0.05, 0) is 54.5 Å². The van der Waals surface area contributed by atoms with Crippen LogP contribution in [0.1, 0.15) is 62.0 Å². The summed E-state index contributed by atoms with van der Waals surface area (Å²) in [6, 6.07) is 10.4. The number of anilines is 2. The first-order chi connectivity index (χ1) is 21.3. The van der Waals surface area contributed by atoms with Crippen LogP contribution < -0.4 is 10.6 Å². The van der Waals surface area contributed by atoms with Crippen molar-refractivity contribution in [1.29, 1.82) is 5.26 Å². The molecular formula is C31H30ClF3N10. The number of rotatable bonds is 8. The van der Waals surface area contributed by atoms with E-state index in [9.17, 15) is 18.4 Å². The average molecular weight is 635 g/mol. The third-order valence-electron chi connectivity index (χ3n) is 7.94. The van der Waals surface area contributed by atoms with Gasteiger partial charge in [0.2, 0.25) is 0 Å². The molecule has 3 heterocycles. The zero-order chi connectivity index (χ0) is 32.1. The molecule has 14 heteroatoms. The number of pyridine rings is 1. The van der Waals surface area contributed by atoms with Crippen molar-refractivity contribution in [2.75, 3.05) is 17.2 Å². The summed E-state index contributed by atoms with van der Waals surface area (Å²) in [5.74, 6) is 0. The Balaban J connectivity index is 1.50. The molecule has 6 rings (SSSR count). The molecule has 0 aliphatic heterocycles. The van der Waals surface area contributed by atoms with Gasteiger partial charge in [-0.15, -0.1) is 5.10 Å². The maximum Gasteiger partial charge on any atom is 0.413 e. The summed E-state index contributed by atoms with van der Waals surface area (Å²) in [5, 5.41) is 34.4. The fraction of sp³-hybridized carbons (Fsp3) is 0.355. The van der Waals surface area contributed by atoms with Crippen molar-refractivity contribution in [3.63, 3.8) is 0 Å². The first kappa shape index (κ1) is 30.3. The Morgan fingerprint density at radius 3 is 2.51 bits per heavy atom. The molecule has 5 aromatic rings. The van der Waals surface area contributed by atoms with Gasteiger partial charge in [0.25, 0.3) is 0 Å². The van der Waals surface area contributed by atoms with Gasteiger partial charge in [-0.2, -0.15) is 33.4 Å². The molecule has 232 valence electrons. The van der Waals surface area contributed by atoms with Crippen LogP contribution in [0.5, 0.6) is 0 Å². The summed E-state index contributed by atoms with van der Waals surface area (Å²) in [6.07, 6.45) is 1.36. The molecular weight excluding hydrogens is 605 g/mol. The van der Waals surface area contributed by atoms with Crippen LogP contribution in [-0.2, 0) is 5.54 Å². The molecule has 45 heavy (non-hydrogen) atoms. The molecule has 1 fully saturated rings. The van der Waals surface area contributed by atoms with Crippen molar-refractivity contribution in [1.82, 2.24) is 35.0 Å². The van der Waals surface area contributed by atoms with E-state index < -0.39 is 17.8 Å². The summed E-state index contributed by atoms with van der Waals surface area (Å²) in [5.41, 5.74) is 2.26. The van der Waals surface area contributed by atoms with E-state index in [1.54, 1.807) is 24.5 Å². The second-order valence-corrected chi connectivity index (χ2v) is 12.9. The normalized spacial score (nSPS) is 15.1. The zero-order valence-corrected chi connectivity index (χ0v) is 25.7. The zero-order valence-electron chi connectivity index (χ0n) is 25.0. The van der Waals surface area contributed by atoms with Crippen molar-refractivity contribution in [3.8, 4) is 11.8 Å². The highest BCUT2D eigenvalue weighted by Gasteiger charge is 2.66. The minimum Gasteiger partial charge on any atom is -0.383 e. The van der Waals surface area contributed by atoms with Gasteiger partial charge in [-0.1, -0.05) is 49.7 Å². The van der Waals surface area contributed by atoms with Crippen LogP contribution >= 0.6 is 11.6 Å². The quantitative estimate of drug-likeness (QED) is 0.188. The Kier molecular flexibility index (Phi) is 7.43. The van der Waals surface area contributed by atoms with Gasteiger partial charge >= 0.3 is 6.18 Å². The van der Waals surface area contributed by atoms with E-state index in [1.165, 1.54) is 17.2 Å². The molecule has 0 amide bonds. The van der Waals surface area contributed by atoms with Gasteiger partial charge in [0, 0.05) is 23.2 Å². The fourth-order valence-corrected chi connectivity index (χ4v) is 5.58. The fourth-order valence-electron chi connectivity index (χ4n) is 5.36. The smallest absolute Gasteiger partial charge is 0.383 e. The molecule has 2 N–H and O–H groups in total. The highest BCUT2D eigenvalue weighted by Crippen LogP contribution is 2.55. The Bertz CT molecular complexity index is 1920. The van der Waals surface area contributed by atoms with E-state index in [-0.39, 0.29) is 24.0 Å². The van der Waals surface area contributed by atoms with Gasteiger partial charge < -0.3 is 10.6 Å². The second kappa shape index (κ2) is 11.0. The minimum absolute atomic E-state index is 0.0642. The monoisotopic (exact) mass is 634 g/mol. The van der Waals surface area contributed by atoms with Crippen molar-refractivity contribution in [2.24, 2.45) is 5.41 Å². The van der Waals surface area contributed by atoms with Crippen LogP contribution in [0.3, 0.4) is 0 Å². The van der Waals surface area contributed by atoms with E-state index in [1.807, 2.05) is 25.1 Å². The van der Waals surface area contributed by atoms with Gasteiger partial charge in [0.05, 0.1) is 52.8 Å². The number of nitrogens with zero attached hydrogens (tertiary/aromatic N) is 8. The average Bonchev–Trinajstić information content (AvgIpc) is 3.37. The maximum absolute atomic E-state index is 14.0. The minimum atomic E-state index is -4.47. The number of hydrogen-bond donors (Lipinski definition) is 2. The third kappa shape index (κ3) is 5.66. The Morgan fingerprint density at radius 2 is 1.87 bits per heavy atom. The van der Waals surface area contributed by atoms with E-state index in [0.29, 0.717) is 50.7 Å². The van der Waals surface area contributed by atoms with Crippen LogP contribution in [0.25, 0.3) is 16.6 Å². The number of aromatic nitrogens is 7. The number of benzene rings is 2. The Morgan fingerprint density at radius 1 is 1.13 bits per heavy atom. The van der Waals surface area contributed by atoms with Gasteiger partial charge in [-0.25, -0.2) is 4.68 Å². The van der Waals surface area contributed by atoms with Crippen molar-refractivity contribution >= 4 is 33.9 Å². The van der Waals surface area contributed by atoms with E-state index in [2.05, 4.69) is 63.0 Å². The van der Waals surface area contributed by atoms with Crippen LogP contribution in [0.15, 0.2) is 55.1 Å². The second-order valence-electron chi connectivity index (χ2n) is 12.4. The molecule has 2 aromatic carbocycles. The highest BCUT2D eigenvalue weighted by atomic mass is 35.5. The number of halogens is 4. The third-order valence-corrected chi connectivity index (χ3v) is 8.16. The maximum atomic E-state index is 14.0. The van der Waals surface area contributed by atoms with Crippen molar-refractivity contribution < 1.29 is 13.2 Å². The Hall–Kier alpha value is -4.70. The summed E-state index contributed by atoms with van der Waals surface area (Å²) >= 11 is 6.65. The first-order valence-electron chi connectivity index (χ1n) is 14.3. The first-order valence-corrected chi connectivity index (χ1v) is 14.7. The van der Waals surface area contributed by atoms with Crippen LogP contribution in [0, 0.1) is 23.7 Å². The standard InChI is InChI=1S/C31H30ClF3N10/c1-18-21(6-5-7-25(18)45-39-10-11-40-45)28(24-16-44(43-42-24)30(8-9-30)31(33,34)35)41-23-13-20(32)12-22-26(38-17-29(2,3)4)19(14-36)15-37-27(22)23/h5-7,10-13,15-16,28,41H,8-9,17H2,1-4H3,(H,37,38)/t28-/m0/s1. The number of nitrogens with one attached hydrogen (secondary N) is 2. The van der Waals surface area contributed by atoms with Crippen molar-refractivity contribution in [3.05, 3.63) is 82.5 Å². The Labute approximate surface area is 262 Å². The summed E-state index contributed by atoms with van der Waals surface area (Å²) in [4.78, 5) is 6.08. The van der Waals surface area contributed by atoms with Crippen LogP contribution in [0.2, 0.25) is 5.02 Å². The van der Waals surface area contributed by atoms with E-state index in [0.717, 1.165) is 10.2 Å². The number of fused-ring (bicyclic) bond motifs is 1. The summed E-state index contributed by atoms with van der Waals surface area (Å²) in [7, 11) is 0. The predicted octanol–water partition coefficient (Wildman–Crippen LogP) is 6.95. The van der Waals surface area contributed by atoms with E-state index in [4.69, 9.17) is 11.6 Å². The largest absolute Gasteiger partial charge is 0.413 e. The van der Waals surface area contributed by atoms with Gasteiger partial charge in [0.15, 0.2) is 5.54 Å². The molecule has 0 radical (unpaired) electrons. The molecule has 1 aliphatic carbocycles. The highest BCUT2D eigenvalue weighted by molar-refractivity contribution is 6.32. The molecule has 1 atom stereocenters. The summed E-state index contributed by atoms with van der Waals surface area (Å²) < 4.78 is 43.0. The molecule has 0 unspecified atom stereocenters. The van der Waals surface area contributed by atoms with Crippen molar-refractivity contribution in [2.45, 2.75) is 58.3 Å². The SMILES string of the molecule is Cc1c([C@H](Nc2cc(Cl)cc3c(NCC(C)(C)C)c(C#N)cnc23)c2cn(C3(C(F)(F)F)CC3)nn2)cccc1-n1nccn1. The molecule has 1 aliphatic rings. The molecule has 0 bridgehead atoms.